The Bertz CT molecular complexity index is 1210. The average molecular weight is 480 g/mol. The van der Waals surface area contributed by atoms with Gasteiger partial charge in [0, 0.05) is 59.3 Å². The first kappa shape index (κ1) is 22.1. The molecule has 3 aliphatic rings. The lowest BCUT2D eigenvalue weighted by Gasteiger charge is -2.37. The Balaban J connectivity index is 1.36. The van der Waals surface area contributed by atoms with Crippen molar-refractivity contribution in [3.8, 4) is 5.75 Å². The predicted octanol–water partition coefficient (Wildman–Crippen LogP) is 3.89. The number of para-hydroxylation sites is 1. The third-order valence-corrected chi connectivity index (χ3v) is 8.01. The van der Waals surface area contributed by atoms with Crippen LogP contribution in [0, 0.1) is 0 Å². The maximum atomic E-state index is 14.2. The molecule has 1 N–H and O–H groups in total. The van der Waals surface area contributed by atoms with E-state index in [-0.39, 0.29) is 11.2 Å². The highest BCUT2D eigenvalue weighted by Gasteiger charge is 2.53. The SMILES string of the molecule is O=C(c1cn(CCN2CCOCC2)c2cc(Cl)ccc12)[C@@H]1Oc2ccccc2C12CCNCC2. The molecule has 7 heteroatoms. The highest BCUT2D eigenvalue weighted by molar-refractivity contribution is 6.31. The molecule has 2 aromatic carbocycles. The normalized spacial score (nSPS) is 22.1. The Morgan fingerprint density at radius 2 is 1.88 bits per heavy atom. The monoisotopic (exact) mass is 479 g/mol. The van der Waals surface area contributed by atoms with Crippen LogP contribution in [0.2, 0.25) is 5.02 Å². The van der Waals surface area contributed by atoms with Gasteiger partial charge >= 0.3 is 0 Å². The van der Waals surface area contributed by atoms with E-state index in [1.807, 2.05) is 36.5 Å². The first-order valence-corrected chi connectivity index (χ1v) is 12.6. The van der Waals surface area contributed by atoms with Crippen molar-refractivity contribution in [3.63, 3.8) is 0 Å². The molecule has 0 saturated carbocycles. The van der Waals surface area contributed by atoms with Gasteiger partial charge in [0.1, 0.15) is 5.75 Å². The average Bonchev–Trinajstić information content (AvgIpc) is 3.39. The van der Waals surface area contributed by atoms with Gasteiger partial charge in [-0.3, -0.25) is 9.69 Å². The van der Waals surface area contributed by atoms with Crippen molar-refractivity contribution in [3.05, 3.63) is 64.8 Å². The molecule has 4 heterocycles. The fourth-order valence-corrected chi connectivity index (χ4v) is 6.10. The highest BCUT2D eigenvalue weighted by Crippen LogP contribution is 2.49. The standard InChI is InChI=1S/C27H30ClN3O3/c28-19-5-6-20-21(18-31(23(20)17-19)12-11-30-13-15-33-16-14-30)25(32)26-27(7-9-29-10-8-27)22-3-1-2-4-24(22)34-26/h1-6,17-18,26,29H,7-16H2/t26-/m0/s1. The quantitative estimate of drug-likeness (QED) is 0.563. The Morgan fingerprint density at radius 1 is 1.09 bits per heavy atom. The Labute approximate surface area is 204 Å². The second kappa shape index (κ2) is 9.00. The number of hydrogen-bond donors (Lipinski definition) is 1. The number of ether oxygens (including phenoxy) is 2. The molecule has 0 radical (unpaired) electrons. The summed E-state index contributed by atoms with van der Waals surface area (Å²) in [5.74, 6) is 0.914. The number of fused-ring (bicyclic) bond motifs is 3. The zero-order chi connectivity index (χ0) is 23.1. The fourth-order valence-electron chi connectivity index (χ4n) is 5.93. The minimum absolute atomic E-state index is 0.0653. The molecule has 6 nitrogen and oxygen atoms in total. The highest BCUT2D eigenvalue weighted by atomic mass is 35.5. The molecule has 178 valence electrons. The van der Waals surface area contributed by atoms with Crippen molar-refractivity contribution in [2.24, 2.45) is 0 Å². The van der Waals surface area contributed by atoms with Crippen LogP contribution in [-0.4, -0.2) is 67.3 Å². The fraction of sp³-hybridized carbons (Fsp3) is 0.444. The second-order valence-electron chi connectivity index (χ2n) is 9.62. The molecule has 6 rings (SSSR count). The number of rotatable bonds is 5. The summed E-state index contributed by atoms with van der Waals surface area (Å²) >= 11 is 6.38. The first-order chi connectivity index (χ1) is 16.7. The largest absolute Gasteiger partial charge is 0.481 e. The van der Waals surface area contributed by atoms with Gasteiger partial charge in [0.15, 0.2) is 6.10 Å². The van der Waals surface area contributed by atoms with E-state index in [4.69, 9.17) is 21.1 Å². The van der Waals surface area contributed by atoms with Crippen LogP contribution in [0.5, 0.6) is 5.75 Å². The van der Waals surface area contributed by atoms with Crippen molar-refractivity contribution in [2.45, 2.75) is 30.9 Å². The summed E-state index contributed by atoms with van der Waals surface area (Å²) in [6, 6.07) is 14.0. The number of carbonyl (C=O) groups excluding carboxylic acids is 1. The first-order valence-electron chi connectivity index (χ1n) is 12.3. The molecule has 0 bridgehead atoms. The Morgan fingerprint density at radius 3 is 2.71 bits per heavy atom. The molecule has 1 aromatic heterocycles. The number of nitrogens with one attached hydrogen (secondary N) is 1. The van der Waals surface area contributed by atoms with Gasteiger partial charge in [0.2, 0.25) is 5.78 Å². The number of ketones is 1. The van der Waals surface area contributed by atoms with E-state index in [1.165, 1.54) is 5.56 Å². The number of Topliss-reactive ketones (excluding diaryl/α,β-unsaturated/α-hetero) is 1. The maximum absolute atomic E-state index is 14.2. The zero-order valence-corrected chi connectivity index (χ0v) is 20.0. The van der Waals surface area contributed by atoms with Crippen LogP contribution in [0.15, 0.2) is 48.7 Å². The molecule has 1 atom stereocenters. The molecule has 1 spiro atoms. The van der Waals surface area contributed by atoms with Crippen LogP contribution >= 0.6 is 11.6 Å². The van der Waals surface area contributed by atoms with Gasteiger partial charge in [-0.25, -0.2) is 0 Å². The summed E-state index contributed by atoms with van der Waals surface area (Å²) in [7, 11) is 0. The number of benzene rings is 2. The number of nitrogens with zero attached hydrogens (tertiary/aromatic N) is 2. The molecule has 3 aliphatic heterocycles. The maximum Gasteiger partial charge on any atom is 0.206 e. The van der Waals surface area contributed by atoms with Crippen molar-refractivity contribution < 1.29 is 14.3 Å². The van der Waals surface area contributed by atoms with E-state index in [1.54, 1.807) is 0 Å². The number of morpholine rings is 1. The summed E-state index contributed by atoms with van der Waals surface area (Å²) in [6.07, 6.45) is 3.29. The van der Waals surface area contributed by atoms with Crippen molar-refractivity contribution in [1.82, 2.24) is 14.8 Å². The van der Waals surface area contributed by atoms with Gasteiger partial charge in [0.25, 0.3) is 0 Å². The minimum Gasteiger partial charge on any atom is -0.481 e. The summed E-state index contributed by atoms with van der Waals surface area (Å²) in [4.78, 5) is 16.6. The molecular weight excluding hydrogens is 450 g/mol. The zero-order valence-electron chi connectivity index (χ0n) is 19.3. The Kier molecular flexibility index (Phi) is 5.86. The van der Waals surface area contributed by atoms with E-state index < -0.39 is 6.10 Å². The number of halogens is 1. The summed E-state index contributed by atoms with van der Waals surface area (Å²) in [5.41, 5.74) is 2.62. The van der Waals surface area contributed by atoms with Crippen molar-refractivity contribution in [1.29, 1.82) is 0 Å². The minimum atomic E-state index is -0.513. The Hall–Kier alpha value is -2.38. The lowest BCUT2D eigenvalue weighted by atomic mass is 9.68. The lowest BCUT2D eigenvalue weighted by molar-refractivity contribution is 0.0365. The molecule has 0 unspecified atom stereocenters. The van der Waals surface area contributed by atoms with Gasteiger partial charge in [-0.15, -0.1) is 0 Å². The third kappa shape index (κ3) is 3.73. The van der Waals surface area contributed by atoms with Gasteiger partial charge in [-0.1, -0.05) is 35.9 Å². The number of piperidine rings is 1. The van der Waals surface area contributed by atoms with Gasteiger partial charge < -0.3 is 19.4 Å². The predicted molar refractivity (Wildman–Crippen MR) is 133 cm³/mol. The molecular formula is C27H30ClN3O3. The molecule has 0 amide bonds. The molecule has 2 fully saturated rings. The van der Waals surface area contributed by atoms with Gasteiger partial charge in [-0.2, -0.15) is 0 Å². The van der Waals surface area contributed by atoms with E-state index in [2.05, 4.69) is 26.9 Å². The topological polar surface area (TPSA) is 55.7 Å². The van der Waals surface area contributed by atoms with E-state index in [0.717, 1.165) is 87.5 Å². The number of carbonyl (C=O) groups is 1. The van der Waals surface area contributed by atoms with Crippen molar-refractivity contribution in [2.75, 3.05) is 45.9 Å². The molecule has 2 saturated heterocycles. The summed E-state index contributed by atoms with van der Waals surface area (Å²) < 4.78 is 14.1. The third-order valence-electron chi connectivity index (χ3n) is 7.77. The van der Waals surface area contributed by atoms with Crippen LogP contribution < -0.4 is 10.1 Å². The van der Waals surface area contributed by atoms with Crippen LogP contribution in [0.3, 0.4) is 0 Å². The summed E-state index contributed by atoms with van der Waals surface area (Å²) in [6.45, 7) is 6.92. The molecule has 0 aliphatic carbocycles. The van der Waals surface area contributed by atoms with E-state index in [9.17, 15) is 4.79 Å². The van der Waals surface area contributed by atoms with E-state index >= 15 is 0 Å². The smallest absolute Gasteiger partial charge is 0.206 e. The van der Waals surface area contributed by atoms with Crippen molar-refractivity contribution >= 4 is 28.3 Å². The number of aromatic nitrogens is 1. The van der Waals surface area contributed by atoms with Crippen LogP contribution in [-0.2, 0) is 16.7 Å². The van der Waals surface area contributed by atoms with Crippen LogP contribution in [0.1, 0.15) is 28.8 Å². The molecule has 34 heavy (non-hydrogen) atoms. The second-order valence-corrected chi connectivity index (χ2v) is 10.1. The van der Waals surface area contributed by atoms with Crippen LogP contribution in [0.4, 0.5) is 0 Å². The lowest BCUT2D eigenvalue weighted by Crippen LogP contribution is -2.50. The van der Waals surface area contributed by atoms with Crippen LogP contribution in [0.25, 0.3) is 10.9 Å². The molecule has 3 aromatic rings. The number of hydrogen-bond acceptors (Lipinski definition) is 5. The van der Waals surface area contributed by atoms with Gasteiger partial charge in [-0.05, 0) is 44.1 Å². The van der Waals surface area contributed by atoms with E-state index in [0.29, 0.717) is 5.02 Å². The summed E-state index contributed by atoms with van der Waals surface area (Å²) in [5, 5.41) is 5.08. The van der Waals surface area contributed by atoms with Gasteiger partial charge in [0.05, 0.1) is 18.7 Å².